The number of hydrogen-bond acceptors (Lipinski definition) is 3. The molecule has 1 unspecified atom stereocenters. The third kappa shape index (κ3) is 3.63. The summed E-state index contributed by atoms with van der Waals surface area (Å²) in [4.78, 5) is 4.49. The minimum absolute atomic E-state index is 0.341. The predicted molar refractivity (Wildman–Crippen MR) is 101 cm³/mol. The summed E-state index contributed by atoms with van der Waals surface area (Å²) < 4.78 is 2.34. The molecule has 114 valence electrons. The Kier molecular flexibility index (Phi) is 5.60. The molecule has 3 rings (SSSR count). The maximum atomic E-state index is 3.73. The van der Waals surface area contributed by atoms with E-state index in [9.17, 15) is 0 Å². The molecule has 0 amide bonds. The van der Waals surface area contributed by atoms with Crippen molar-refractivity contribution in [3.63, 3.8) is 0 Å². The number of rotatable bonds is 5. The first kappa shape index (κ1) is 16.2. The van der Waals surface area contributed by atoms with Crippen molar-refractivity contribution in [3.05, 3.63) is 40.6 Å². The molecular formula is C16H19Br2NS2. The normalized spacial score (nSPS) is 16.0. The molecule has 0 spiro atoms. The molecule has 21 heavy (non-hydrogen) atoms. The van der Waals surface area contributed by atoms with Crippen LogP contribution in [-0.2, 0) is 12.8 Å². The van der Waals surface area contributed by atoms with Gasteiger partial charge in [0.05, 0.1) is 9.83 Å². The van der Waals surface area contributed by atoms with E-state index in [1.165, 1.54) is 39.2 Å². The van der Waals surface area contributed by atoms with E-state index in [1.807, 2.05) is 22.7 Å². The van der Waals surface area contributed by atoms with Gasteiger partial charge in [-0.15, -0.1) is 22.7 Å². The third-order valence-electron chi connectivity index (χ3n) is 3.85. The van der Waals surface area contributed by atoms with Crippen molar-refractivity contribution in [2.45, 2.75) is 45.1 Å². The summed E-state index contributed by atoms with van der Waals surface area (Å²) in [6.45, 7) is 3.28. The molecule has 0 saturated heterocycles. The summed E-state index contributed by atoms with van der Waals surface area (Å²) in [7, 11) is 0. The Balaban J connectivity index is 1.92. The number of nitrogens with one attached hydrogen (secondary N) is 1. The quantitative estimate of drug-likeness (QED) is 0.565. The van der Waals surface area contributed by atoms with Crippen LogP contribution in [0.5, 0.6) is 0 Å². The number of thiophene rings is 2. The van der Waals surface area contributed by atoms with Crippen LogP contribution < -0.4 is 5.32 Å². The third-order valence-corrected chi connectivity index (χ3v) is 8.47. The molecule has 1 atom stereocenters. The maximum absolute atomic E-state index is 3.73. The van der Waals surface area contributed by atoms with Gasteiger partial charge in [0.1, 0.15) is 0 Å². The predicted octanol–water partition coefficient (Wildman–Crippen LogP) is 6.30. The number of halogens is 2. The van der Waals surface area contributed by atoms with Gasteiger partial charge in [-0.25, -0.2) is 0 Å². The SMILES string of the molecule is CCCNC(c1cc(Br)c(Br)s1)c1cc2c(s1)CCCC2. The number of fused-ring (bicyclic) bond motifs is 1. The highest BCUT2D eigenvalue weighted by atomic mass is 79.9. The molecule has 0 aromatic carbocycles. The van der Waals surface area contributed by atoms with E-state index >= 15 is 0 Å². The lowest BCUT2D eigenvalue weighted by molar-refractivity contribution is 0.612. The van der Waals surface area contributed by atoms with Crippen LogP contribution in [0.3, 0.4) is 0 Å². The average Bonchev–Trinajstić information content (AvgIpc) is 3.04. The van der Waals surface area contributed by atoms with Gasteiger partial charge in [-0.05, 0) is 88.2 Å². The molecule has 0 aliphatic heterocycles. The summed E-state index contributed by atoms with van der Waals surface area (Å²) in [5, 5.41) is 3.73. The fourth-order valence-electron chi connectivity index (χ4n) is 2.79. The molecule has 5 heteroatoms. The van der Waals surface area contributed by atoms with Gasteiger partial charge in [-0.3, -0.25) is 0 Å². The van der Waals surface area contributed by atoms with Crippen molar-refractivity contribution in [2.75, 3.05) is 6.54 Å². The van der Waals surface area contributed by atoms with Crippen LogP contribution in [-0.4, -0.2) is 6.54 Å². The largest absolute Gasteiger partial charge is 0.305 e. The van der Waals surface area contributed by atoms with E-state index in [0.717, 1.165) is 17.4 Å². The fraction of sp³-hybridized carbons (Fsp3) is 0.500. The van der Waals surface area contributed by atoms with Gasteiger partial charge in [0.2, 0.25) is 0 Å². The van der Waals surface area contributed by atoms with E-state index in [-0.39, 0.29) is 0 Å². The molecule has 1 aliphatic carbocycles. The standard InChI is InChI=1S/C16H19Br2NS2/c1-2-7-19-15(14-9-11(17)16(18)21-14)13-8-10-5-3-4-6-12(10)20-13/h8-9,15,19H,2-7H2,1H3. The van der Waals surface area contributed by atoms with Crippen molar-refractivity contribution >= 4 is 54.5 Å². The van der Waals surface area contributed by atoms with Crippen molar-refractivity contribution in [1.82, 2.24) is 5.32 Å². The van der Waals surface area contributed by atoms with E-state index in [2.05, 4.69) is 56.2 Å². The van der Waals surface area contributed by atoms with Gasteiger partial charge >= 0.3 is 0 Å². The van der Waals surface area contributed by atoms with Crippen molar-refractivity contribution in [1.29, 1.82) is 0 Å². The van der Waals surface area contributed by atoms with E-state index in [4.69, 9.17) is 0 Å². The Morgan fingerprint density at radius 3 is 2.57 bits per heavy atom. The van der Waals surface area contributed by atoms with E-state index in [0.29, 0.717) is 6.04 Å². The lowest BCUT2D eigenvalue weighted by Gasteiger charge is -2.15. The lowest BCUT2D eigenvalue weighted by atomic mass is 9.98. The topological polar surface area (TPSA) is 12.0 Å². The van der Waals surface area contributed by atoms with Crippen LogP contribution in [0.1, 0.15) is 52.4 Å². The van der Waals surface area contributed by atoms with E-state index < -0.39 is 0 Å². The van der Waals surface area contributed by atoms with Gasteiger partial charge in [-0.2, -0.15) is 0 Å². The van der Waals surface area contributed by atoms with Gasteiger partial charge in [0.25, 0.3) is 0 Å². The Hall–Kier alpha value is 0.320. The molecule has 1 nitrogen and oxygen atoms in total. The highest BCUT2D eigenvalue weighted by Crippen LogP contribution is 2.41. The Labute approximate surface area is 151 Å². The van der Waals surface area contributed by atoms with E-state index in [1.54, 1.807) is 10.4 Å². The molecule has 2 aromatic rings. The molecule has 0 saturated carbocycles. The zero-order valence-corrected chi connectivity index (χ0v) is 16.9. The second-order valence-electron chi connectivity index (χ2n) is 5.46. The molecule has 1 N–H and O–H groups in total. The smallest absolute Gasteiger partial charge is 0.0843 e. The van der Waals surface area contributed by atoms with Crippen molar-refractivity contribution in [2.24, 2.45) is 0 Å². The summed E-state index contributed by atoms with van der Waals surface area (Å²) in [5.41, 5.74) is 1.60. The first-order valence-electron chi connectivity index (χ1n) is 7.48. The first-order chi connectivity index (χ1) is 10.2. The van der Waals surface area contributed by atoms with Crippen molar-refractivity contribution < 1.29 is 0 Å². The molecule has 1 aliphatic rings. The van der Waals surface area contributed by atoms with Gasteiger partial charge < -0.3 is 5.32 Å². The summed E-state index contributed by atoms with van der Waals surface area (Å²) in [6.07, 6.45) is 6.42. The molecule has 0 fully saturated rings. The second-order valence-corrected chi connectivity index (χ2v) is 9.89. The fourth-order valence-corrected chi connectivity index (χ4v) is 6.40. The van der Waals surface area contributed by atoms with Crippen LogP contribution in [0.2, 0.25) is 0 Å². The van der Waals surface area contributed by atoms with Gasteiger partial charge in [0.15, 0.2) is 0 Å². The highest BCUT2D eigenvalue weighted by Gasteiger charge is 2.22. The Morgan fingerprint density at radius 2 is 1.90 bits per heavy atom. The lowest BCUT2D eigenvalue weighted by Crippen LogP contribution is -2.21. The first-order valence-corrected chi connectivity index (χ1v) is 10.7. The number of aryl methyl sites for hydroxylation is 2. The van der Waals surface area contributed by atoms with Crippen LogP contribution in [0.15, 0.2) is 20.4 Å². The molecule has 2 aromatic heterocycles. The van der Waals surface area contributed by atoms with Gasteiger partial charge in [0, 0.05) is 19.1 Å². The number of hydrogen-bond donors (Lipinski definition) is 1. The van der Waals surface area contributed by atoms with Gasteiger partial charge in [-0.1, -0.05) is 6.92 Å². The molecule has 0 radical (unpaired) electrons. The van der Waals surface area contributed by atoms with Crippen LogP contribution >= 0.6 is 54.5 Å². The molecular weight excluding hydrogens is 430 g/mol. The van der Waals surface area contributed by atoms with Crippen LogP contribution in [0, 0.1) is 0 Å². The minimum atomic E-state index is 0.341. The second kappa shape index (κ2) is 7.26. The molecule has 0 bridgehead atoms. The molecule has 2 heterocycles. The van der Waals surface area contributed by atoms with Crippen LogP contribution in [0.4, 0.5) is 0 Å². The zero-order valence-electron chi connectivity index (χ0n) is 12.0. The van der Waals surface area contributed by atoms with Crippen LogP contribution in [0.25, 0.3) is 0 Å². The zero-order chi connectivity index (χ0) is 14.8. The Bertz CT molecular complexity index is 575. The summed E-state index contributed by atoms with van der Waals surface area (Å²) in [5.74, 6) is 0. The minimum Gasteiger partial charge on any atom is -0.305 e. The van der Waals surface area contributed by atoms with Crippen molar-refractivity contribution in [3.8, 4) is 0 Å². The Morgan fingerprint density at radius 1 is 1.14 bits per heavy atom. The summed E-state index contributed by atoms with van der Waals surface area (Å²) in [6, 6.07) is 5.04. The maximum Gasteiger partial charge on any atom is 0.0843 e. The monoisotopic (exact) mass is 447 g/mol. The highest BCUT2D eigenvalue weighted by molar-refractivity contribution is 9.13. The average molecular weight is 449 g/mol. The summed E-state index contributed by atoms with van der Waals surface area (Å²) >= 11 is 11.1.